The normalized spacial score (nSPS) is 25.8. The summed E-state index contributed by atoms with van der Waals surface area (Å²) in [6.45, 7) is 2.32. The third-order valence-corrected chi connectivity index (χ3v) is 6.69. The SMILES string of the molecule is CCC1CCCC(C(NN)c2cc3sccc3s2)C1. The Morgan fingerprint density at radius 3 is 3.05 bits per heavy atom. The fourth-order valence-electron chi connectivity index (χ4n) is 3.39. The summed E-state index contributed by atoms with van der Waals surface area (Å²) >= 11 is 3.74. The number of hydrogen-bond donors (Lipinski definition) is 2. The first-order valence-corrected chi connectivity index (χ1v) is 8.94. The summed E-state index contributed by atoms with van der Waals surface area (Å²) in [6, 6.07) is 4.90. The maximum atomic E-state index is 5.87. The first-order valence-electron chi connectivity index (χ1n) is 7.25. The van der Waals surface area contributed by atoms with Crippen molar-refractivity contribution in [1.29, 1.82) is 0 Å². The third kappa shape index (κ3) is 2.72. The van der Waals surface area contributed by atoms with Crippen LogP contribution in [-0.2, 0) is 0 Å². The molecule has 1 aliphatic rings. The Kier molecular flexibility index (Phi) is 4.22. The molecule has 1 saturated carbocycles. The predicted molar refractivity (Wildman–Crippen MR) is 85.5 cm³/mol. The van der Waals surface area contributed by atoms with Gasteiger partial charge in [-0.2, -0.15) is 0 Å². The molecule has 2 heterocycles. The minimum atomic E-state index is 0.346. The molecular formula is C15H22N2S2. The van der Waals surface area contributed by atoms with E-state index in [0.29, 0.717) is 12.0 Å². The number of rotatable bonds is 4. The molecule has 1 fully saturated rings. The van der Waals surface area contributed by atoms with Crippen LogP contribution in [-0.4, -0.2) is 0 Å². The van der Waals surface area contributed by atoms with Crippen molar-refractivity contribution in [3.63, 3.8) is 0 Å². The van der Waals surface area contributed by atoms with E-state index < -0.39 is 0 Å². The second kappa shape index (κ2) is 5.92. The number of nitrogens with two attached hydrogens (primary N) is 1. The highest BCUT2D eigenvalue weighted by Gasteiger charge is 2.29. The van der Waals surface area contributed by atoms with Gasteiger partial charge in [0.1, 0.15) is 0 Å². The highest BCUT2D eigenvalue weighted by atomic mass is 32.1. The molecule has 0 bridgehead atoms. The molecule has 0 aliphatic heterocycles. The van der Waals surface area contributed by atoms with E-state index in [-0.39, 0.29) is 0 Å². The summed E-state index contributed by atoms with van der Waals surface area (Å²) in [5, 5.41) is 2.17. The Bertz CT molecular complexity index is 502. The van der Waals surface area contributed by atoms with E-state index in [0.717, 1.165) is 5.92 Å². The van der Waals surface area contributed by atoms with E-state index in [2.05, 4.69) is 29.9 Å². The van der Waals surface area contributed by atoms with Gasteiger partial charge in [-0.1, -0.05) is 26.2 Å². The predicted octanol–water partition coefficient (Wildman–Crippen LogP) is 4.68. The molecule has 2 nitrogen and oxygen atoms in total. The van der Waals surface area contributed by atoms with Crippen molar-refractivity contribution in [3.05, 3.63) is 22.4 Å². The summed E-state index contributed by atoms with van der Waals surface area (Å²) in [5.74, 6) is 7.48. The van der Waals surface area contributed by atoms with Gasteiger partial charge in [0.05, 0.1) is 6.04 Å². The zero-order valence-corrected chi connectivity index (χ0v) is 13.0. The smallest absolute Gasteiger partial charge is 0.0582 e. The van der Waals surface area contributed by atoms with Crippen molar-refractivity contribution in [2.45, 2.75) is 45.1 Å². The van der Waals surface area contributed by atoms with Crippen molar-refractivity contribution < 1.29 is 0 Å². The highest BCUT2D eigenvalue weighted by molar-refractivity contribution is 7.26. The minimum Gasteiger partial charge on any atom is -0.271 e. The molecule has 0 aromatic carbocycles. The van der Waals surface area contributed by atoms with Crippen LogP contribution in [0.15, 0.2) is 17.5 Å². The molecule has 2 aromatic rings. The molecule has 0 saturated heterocycles. The van der Waals surface area contributed by atoms with Crippen molar-refractivity contribution >= 4 is 32.1 Å². The number of fused-ring (bicyclic) bond motifs is 1. The lowest BCUT2D eigenvalue weighted by molar-refractivity contribution is 0.212. The van der Waals surface area contributed by atoms with Gasteiger partial charge in [0.15, 0.2) is 0 Å². The van der Waals surface area contributed by atoms with Crippen LogP contribution in [0.2, 0.25) is 0 Å². The summed E-state index contributed by atoms with van der Waals surface area (Å²) < 4.78 is 2.81. The van der Waals surface area contributed by atoms with Crippen molar-refractivity contribution in [2.24, 2.45) is 17.7 Å². The molecule has 3 unspecified atom stereocenters. The van der Waals surface area contributed by atoms with E-state index in [4.69, 9.17) is 5.84 Å². The number of hydrogen-bond acceptors (Lipinski definition) is 4. The lowest BCUT2D eigenvalue weighted by Gasteiger charge is -2.33. The average Bonchev–Trinajstić information content (AvgIpc) is 3.01. The van der Waals surface area contributed by atoms with Crippen LogP contribution in [0, 0.1) is 11.8 Å². The van der Waals surface area contributed by atoms with Crippen LogP contribution in [0.3, 0.4) is 0 Å². The standard InChI is InChI=1S/C15H22N2S2/c1-2-10-4-3-5-11(8-10)15(17-16)14-9-13-12(19-14)6-7-18-13/h6-7,9-11,15,17H,2-5,8,16H2,1H3. The van der Waals surface area contributed by atoms with Gasteiger partial charge in [-0.15, -0.1) is 22.7 Å². The van der Waals surface area contributed by atoms with E-state index in [1.807, 2.05) is 22.7 Å². The van der Waals surface area contributed by atoms with E-state index in [1.54, 1.807) is 0 Å². The van der Waals surface area contributed by atoms with Gasteiger partial charge in [-0.25, -0.2) is 0 Å². The summed E-state index contributed by atoms with van der Waals surface area (Å²) in [6.07, 6.45) is 6.73. The molecule has 3 N–H and O–H groups in total. The van der Waals surface area contributed by atoms with Crippen LogP contribution in [0.1, 0.15) is 49.9 Å². The Labute approximate surface area is 123 Å². The van der Waals surface area contributed by atoms with Gasteiger partial charge < -0.3 is 0 Å². The molecule has 0 spiro atoms. The Morgan fingerprint density at radius 2 is 2.32 bits per heavy atom. The summed E-state index contributed by atoms with van der Waals surface area (Å²) in [4.78, 5) is 1.42. The third-order valence-electron chi connectivity index (χ3n) is 4.52. The van der Waals surface area contributed by atoms with Gasteiger partial charge in [0.2, 0.25) is 0 Å². The van der Waals surface area contributed by atoms with E-state index >= 15 is 0 Å². The van der Waals surface area contributed by atoms with Gasteiger partial charge in [0.25, 0.3) is 0 Å². The quantitative estimate of drug-likeness (QED) is 0.634. The van der Waals surface area contributed by atoms with E-state index in [1.165, 1.54) is 46.4 Å². The summed E-state index contributed by atoms with van der Waals surface area (Å²) in [5.41, 5.74) is 3.10. The van der Waals surface area contributed by atoms with Crippen molar-refractivity contribution in [3.8, 4) is 0 Å². The fraction of sp³-hybridized carbons (Fsp3) is 0.600. The van der Waals surface area contributed by atoms with E-state index in [9.17, 15) is 0 Å². The monoisotopic (exact) mass is 294 g/mol. The Balaban J connectivity index is 1.81. The Hall–Kier alpha value is -0.420. The highest BCUT2D eigenvalue weighted by Crippen LogP contribution is 2.42. The van der Waals surface area contributed by atoms with Crippen LogP contribution in [0.4, 0.5) is 0 Å². The molecule has 3 rings (SSSR count). The molecule has 0 amide bonds. The molecular weight excluding hydrogens is 272 g/mol. The zero-order chi connectivity index (χ0) is 13.2. The number of thiophene rings is 2. The number of nitrogens with one attached hydrogen (secondary N) is 1. The molecule has 4 heteroatoms. The average molecular weight is 294 g/mol. The lowest BCUT2D eigenvalue weighted by Crippen LogP contribution is -2.35. The topological polar surface area (TPSA) is 38.0 Å². The maximum Gasteiger partial charge on any atom is 0.0582 e. The number of hydrazine groups is 1. The zero-order valence-electron chi connectivity index (χ0n) is 11.4. The molecule has 3 atom stereocenters. The molecule has 0 radical (unpaired) electrons. The van der Waals surface area contributed by atoms with Gasteiger partial charge in [-0.3, -0.25) is 11.3 Å². The van der Waals surface area contributed by atoms with Crippen LogP contribution in [0.25, 0.3) is 9.40 Å². The van der Waals surface area contributed by atoms with Crippen LogP contribution < -0.4 is 11.3 Å². The Morgan fingerprint density at radius 1 is 1.42 bits per heavy atom. The second-order valence-corrected chi connectivity index (χ2v) is 7.71. The second-order valence-electron chi connectivity index (χ2n) is 5.64. The minimum absolute atomic E-state index is 0.346. The first-order chi connectivity index (χ1) is 9.31. The summed E-state index contributed by atoms with van der Waals surface area (Å²) in [7, 11) is 0. The largest absolute Gasteiger partial charge is 0.271 e. The molecule has 104 valence electrons. The lowest BCUT2D eigenvalue weighted by atomic mass is 9.76. The fourth-order valence-corrected chi connectivity index (χ4v) is 5.67. The van der Waals surface area contributed by atoms with Gasteiger partial charge >= 0.3 is 0 Å². The van der Waals surface area contributed by atoms with Crippen LogP contribution in [0.5, 0.6) is 0 Å². The first kappa shape index (κ1) is 13.6. The molecule has 19 heavy (non-hydrogen) atoms. The van der Waals surface area contributed by atoms with Crippen molar-refractivity contribution in [1.82, 2.24) is 5.43 Å². The van der Waals surface area contributed by atoms with Crippen molar-refractivity contribution in [2.75, 3.05) is 0 Å². The van der Waals surface area contributed by atoms with Gasteiger partial charge in [-0.05, 0) is 42.2 Å². The molecule has 1 aliphatic carbocycles. The van der Waals surface area contributed by atoms with Crippen LogP contribution >= 0.6 is 22.7 Å². The molecule has 2 aromatic heterocycles. The van der Waals surface area contributed by atoms with Gasteiger partial charge in [0, 0.05) is 14.3 Å². The maximum absolute atomic E-state index is 5.87.